The third kappa shape index (κ3) is 7.28. The molecular formula is C25H33ClN2O3. The summed E-state index contributed by atoms with van der Waals surface area (Å²) in [6, 6.07) is 13.1. The summed E-state index contributed by atoms with van der Waals surface area (Å²) in [4.78, 5) is 27.5. The Balaban J connectivity index is 2.14. The number of amides is 2. The first-order valence-corrected chi connectivity index (χ1v) is 11.3. The minimum absolute atomic E-state index is 0.121. The van der Waals surface area contributed by atoms with E-state index in [-0.39, 0.29) is 18.4 Å². The molecule has 2 aromatic carbocycles. The van der Waals surface area contributed by atoms with Crippen LogP contribution in [0, 0.1) is 13.8 Å². The van der Waals surface area contributed by atoms with Crippen molar-refractivity contribution in [2.45, 2.75) is 53.0 Å². The van der Waals surface area contributed by atoms with Crippen LogP contribution in [0.4, 0.5) is 0 Å². The Morgan fingerprint density at radius 3 is 2.32 bits per heavy atom. The Kier molecular flexibility index (Phi) is 9.86. The van der Waals surface area contributed by atoms with E-state index in [2.05, 4.69) is 5.32 Å². The van der Waals surface area contributed by atoms with Gasteiger partial charge in [-0.15, -0.1) is 0 Å². The molecular weight excluding hydrogens is 412 g/mol. The Morgan fingerprint density at radius 2 is 1.74 bits per heavy atom. The fourth-order valence-electron chi connectivity index (χ4n) is 3.48. The van der Waals surface area contributed by atoms with E-state index >= 15 is 0 Å². The molecule has 0 bridgehead atoms. The highest BCUT2D eigenvalue weighted by Gasteiger charge is 2.28. The van der Waals surface area contributed by atoms with Crippen LogP contribution in [0.15, 0.2) is 42.5 Å². The first-order chi connectivity index (χ1) is 14.9. The molecule has 2 aromatic rings. The highest BCUT2D eigenvalue weighted by Crippen LogP contribution is 2.26. The van der Waals surface area contributed by atoms with Crippen LogP contribution in [0.3, 0.4) is 0 Å². The predicted molar refractivity (Wildman–Crippen MR) is 126 cm³/mol. The number of hydrogen-bond donors (Lipinski definition) is 1. The van der Waals surface area contributed by atoms with Gasteiger partial charge in [0.2, 0.25) is 5.91 Å². The summed E-state index contributed by atoms with van der Waals surface area (Å²) in [6.45, 7) is 8.64. The van der Waals surface area contributed by atoms with Gasteiger partial charge in [0.25, 0.3) is 5.91 Å². The zero-order chi connectivity index (χ0) is 22.8. The zero-order valence-corrected chi connectivity index (χ0v) is 19.7. The molecule has 2 amide bonds. The third-order valence-electron chi connectivity index (χ3n) is 5.19. The molecule has 0 spiro atoms. The summed E-state index contributed by atoms with van der Waals surface area (Å²) in [5.74, 6) is 0.267. The van der Waals surface area contributed by atoms with Crippen LogP contribution >= 0.6 is 11.6 Å². The molecule has 0 aromatic heterocycles. The molecule has 0 heterocycles. The third-order valence-corrected chi connectivity index (χ3v) is 5.79. The number of halogens is 1. The van der Waals surface area contributed by atoms with Gasteiger partial charge in [-0.3, -0.25) is 9.59 Å². The summed E-state index contributed by atoms with van der Waals surface area (Å²) < 4.78 is 5.79. The van der Waals surface area contributed by atoms with Gasteiger partial charge in [0.05, 0.1) is 0 Å². The molecule has 2 rings (SSSR count). The summed E-state index contributed by atoms with van der Waals surface area (Å²) in [5, 5.41) is 3.62. The van der Waals surface area contributed by atoms with E-state index < -0.39 is 6.04 Å². The van der Waals surface area contributed by atoms with Crippen LogP contribution in [0.1, 0.15) is 43.4 Å². The predicted octanol–water partition coefficient (Wildman–Crippen LogP) is 4.71. The van der Waals surface area contributed by atoms with Gasteiger partial charge in [0.1, 0.15) is 11.8 Å². The first-order valence-electron chi connectivity index (χ1n) is 10.9. The molecule has 0 fully saturated rings. The molecule has 0 radical (unpaired) electrons. The van der Waals surface area contributed by atoms with Crippen molar-refractivity contribution < 1.29 is 14.3 Å². The summed E-state index contributed by atoms with van der Waals surface area (Å²) in [7, 11) is 0. The number of carbonyl (C=O) groups is 2. The molecule has 168 valence electrons. The molecule has 0 aliphatic heterocycles. The number of benzene rings is 2. The van der Waals surface area contributed by atoms with Crippen molar-refractivity contribution in [3.05, 3.63) is 64.2 Å². The number of nitrogens with one attached hydrogen (secondary N) is 1. The summed E-state index contributed by atoms with van der Waals surface area (Å²) in [6.07, 6.45) is 2.05. The summed E-state index contributed by atoms with van der Waals surface area (Å²) in [5.41, 5.74) is 2.92. The largest absolute Gasteiger partial charge is 0.484 e. The average Bonchev–Trinajstić information content (AvgIpc) is 2.77. The van der Waals surface area contributed by atoms with Crippen molar-refractivity contribution in [3.63, 3.8) is 0 Å². The van der Waals surface area contributed by atoms with E-state index in [0.717, 1.165) is 23.1 Å². The number of aryl methyl sites for hydroxylation is 2. The Morgan fingerprint density at radius 1 is 1.10 bits per heavy atom. The van der Waals surface area contributed by atoms with Crippen LogP contribution in [0.2, 0.25) is 5.02 Å². The van der Waals surface area contributed by atoms with E-state index in [9.17, 15) is 9.59 Å². The molecule has 0 saturated heterocycles. The summed E-state index contributed by atoms with van der Waals surface area (Å²) >= 11 is 6.22. The molecule has 31 heavy (non-hydrogen) atoms. The van der Waals surface area contributed by atoms with Gasteiger partial charge in [-0.1, -0.05) is 55.8 Å². The fraction of sp³-hybridized carbons (Fsp3) is 0.440. The van der Waals surface area contributed by atoms with Gasteiger partial charge in [0, 0.05) is 18.1 Å². The maximum Gasteiger partial charge on any atom is 0.261 e. The molecule has 6 heteroatoms. The van der Waals surface area contributed by atoms with Gasteiger partial charge in [-0.25, -0.2) is 0 Å². The second kappa shape index (κ2) is 12.4. The van der Waals surface area contributed by atoms with Crippen molar-refractivity contribution >= 4 is 23.4 Å². The molecule has 5 nitrogen and oxygen atoms in total. The lowest BCUT2D eigenvalue weighted by Gasteiger charge is -2.30. The number of ether oxygens (including phenoxy) is 1. The second-order valence-corrected chi connectivity index (χ2v) is 8.08. The number of nitrogens with zero attached hydrogens (tertiary/aromatic N) is 1. The highest BCUT2D eigenvalue weighted by atomic mass is 35.5. The van der Waals surface area contributed by atoms with E-state index in [4.69, 9.17) is 16.3 Å². The molecule has 1 unspecified atom stereocenters. The first kappa shape index (κ1) is 24.7. The van der Waals surface area contributed by atoms with Crippen molar-refractivity contribution in [2.75, 3.05) is 19.7 Å². The fourth-order valence-corrected chi connectivity index (χ4v) is 3.59. The van der Waals surface area contributed by atoms with E-state index in [1.807, 2.05) is 70.2 Å². The van der Waals surface area contributed by atoms with Crippen LogP contribution in [-0.4, -0.2) is 42.5 Å². The number of rotatable bonds is 11. The minimum atomic E-state index is -0.528. The Labute approximate surface area is 190 Å². The van der Waals surface area contributed by atoms with Crippen LogP contribution < -0.4 is 10.1 Å². The van der Waals surface area contributed by atoms with Gasteiger partial charge in [-0.2, -0.15) is 0 Å². The lowest BCUT2D eigenvalue weighted by atomic mass is 10.1. The van der Waals surface area contributed by atoms with E-state index in [1.54, 1.807) is 4.90 Å². The smallest absolute Gasteiger partial charge is 0.261 e. The van der Waals surface area contributed by atoms with Gasteiger partial charge in [-0.05, 0) is 61.9 Å². The average molecular weight is 445 g/mol. The van der Waals surface area contributed by atoms with Crippen LogP contribution in [0.25, 0.3) is 0 Å². The van der Waals surface area contributed by atoms with Gasteiger partial charge >= 0.3 is 0 Å². The maximum absolute atomic E-state index is 13.1. The highest BCUT2D eigenvalue weighted by molar-refractivity contribution is 6.32. The SMILES string of the molecule is CCCNC(=O)C(CC)N(CCc1ccccc1)C(=O)COc1cc(C)c(Cl)c(C)c1. The van der Waals surface area contributed by atoms with Crippen molar-refractivity contribution in [1.29, 1.82) is 0 Å². The molecule has 1 N–H and O–H groups in total. The molecule has 0 aliphatic carbocycles. The number of carbonyl (C=O) groups excluding carboxylic acids is 2. The minimum Gasteiger partial charge on any atom is -0.484 e. The van der Waals surface area contributed by atoms with Crippen molar-refractivity contribution in [3.8, 4) is 5.75 Å². The van der Waals surface area contributed by atoms with Gasteiger partial charge < -0.3 is 15.0 Å². The maximum atomic E-state index is 13.1. The quantitative estimate of drug-likeness (QED) is 0.546. The lowest BCUT2D eigenvalue weighted by molar-refractivity contribution is -0.142. The monoisotopic (exact) mass is 444 g/mol. The lowest BCUT2D eigenvalue weighted by Crippen LogP contribution is -2.51. The number of hydrogen-bond acceptors (Lipinski definition) is 3. The topological polar surface area (TPSA) is 58.6 Å². The van der Waals surface area contributed by atoms with Crippen LogP contribution in [-0.2, 0) is 16.0 Å². The van der Waals surface area contributed by atoms with Crippen molar-refractivity contribution in [1.82, 2.24) is 10.2 Å². The molecule has 0 saturated carbocycles. The second-order valence-electron chi connectivity index (χ2n) is 7.70. The van der Waals surface area contributed by atoms with E-state index in [1.165, 1.54) is 0 Å². The Bertz CT molecular complexity index is 847. The Hall–Kier alpha value is -2.53. The zero-order valence-electron chi connectivity index (χ0n) is 18.9. The van der Waals surface area contributed by atoms with Gasteiger partial charge in [0.15, 0.2) is 6.61 Å². The van der Waals surface area contributed by atoms with E-state index in [0.29, 0.717) is 36.7 Å². The standard InChI is InChI=1S/C25H33ClN2O3/c1-5-13-27-25(30)22(6-2)28(14-12-20-10-8-7-9-11-20)23(29)17-31-21-15-18(3)24(26)19(4)16-21/h7-11,15-16,22H,5-6,12-14,17H2,1-4H3,(H,27,30). The van der Waals surface area contributed by atoms with Crippen molar-refractivity contribution in [2.24, 2.45) is 0 Å². The normalized spacial score (nSPS) is 11.6. The molecule has 0 aliphatic rings. The van der Waals surface area contributed by atoms with Crippen LogP contribution in [0.5, 0.6) is 5.75 Å². The molecule has 1 atom stereocenters.